The molecule has 0 aromatic heterocycles. The van der Waals surface area contributed by atoms with E-state index in [1.54, 1.807) is 7.11 Å². The van der Waals surface area contributed by atoms with Crippen LogP contribution in [0.2, 0.25) is 0 Å². The number of hydrogen-bond acceptors (Lipinski definition) is 2. The lowest BCUT2D eigenvalue weighted by atomic mass is 10.1. The third-order valence-electron chi connectivity index (χ3n) is 3.12. The minimum atomic E-state index is -0.0860. The summed E-state index contributed by atoms with van der Waals surface area (Å²) in [6.07, 6.45) is 0. The molecule has 0 heterocycles. The Hall–Kier alpha value is -2.13. The smallest absolute Gasteiger partial charge is 0.255 e. The van der Waals surface area contributed by atoms with E-state index in [2.05, 4.69) is 5.32 Å². The van der Waals surface area contributed by atoms with Crippen molar-refractivity contribution in [3.05, 3.63) is 64.7 Å². The molecule has 20 heavy (non-hydrogen) atoms. The number of aryl methyl sites for hydroxylation is 2. The highest BCUT2D eigenvalue weighted by molar-refractivity contribution is 6.05. The molecule has 2 aromatic carbocycles. The molecule has 0 aliphatic heterocycles. The van der Waals surface area contributed by atoms with Crippen molar-refractivity contribution < 1.29 is 9.53 Å². The fourth-order valence-corrected chi connectivity index (χ4v) is 2.17. The molecule has 2 rings (SSSR count). The first-order chi connectivity index (χ1) is 9.60. The van der Waals surface area contributed by atoms with E-state index in [-0.39, 0.29) is 5.91 Å². The lowest BCUT2D eigenvalue weighted by Gasteiger charge is -2.09. The highest BCUT2D eigenvalue weighted by Gasteiger charge is 2.09. The first kappa shape index (κ1) is 14.3. The summed E-state index contributed by atoms with van der Waals surface area (Å²) in [6, 6.07) is 13.5. The van der Waals surface area contributed by atoms with Gasteiger partial charge in [-0.15, -0.1) is 0 Å². The van der Waals surface area contributed by atoms with Crippen molar-refractivity contribution in [3.63, 3.8) is 0 Å². The molecule has 1 amide bonds. The van der Waals surface area contributed by atoms with E-state index < -0.39 is 0 Å². The van der Waals surface area contributed by atoms with Crippen molar-refractivity contribution in [2.75, 3.05) is 12.4 Å². The Kier molecular flexibility index (Phi) is 4.53. The minimum Gasteiger partial charge on any atom is -0.380 e. The maximum absolute atomic E-state index is 12.3. The van der Waals surface area contributed by atoms with Crippen molar-refractivity contribution in [2.45, 2.75) is 20.5 Å². The molecule has 0 bridgehead atoms. The van der Waals surface area contributed by atoms with Gasteiger partial charge in [0.05, 0.1) is 6.61 Å². The Bertz CT molecular complexity index is 620. The van der Waals surface area contributed by atoms with Crippen LogP contribution in [0.15, 0.2) is 42.5 Å². The number of benzene rings is 2. The topological polar surface area (TPSA) is 38.3 Å². The number of carbonyl (C=O) groups is 1. The Morgan fingerprint density at radius 2 is 1.95 bits per heavy atom. The van der Waals surface area contributed by atoms with E-state index in [9.17, 15) is 4.79 Å². The van der Waals surface area contributed by atoms with Crippen LogP contribution < -0.4 is 5.32 Å². The molecule has 2 aromatic rings. The molecule has 0 fully saturated rings. The molecule has 3 nitrogen and oxygen atoms in total. The molecule has 0 aliphatic rings. The lowest BCUT2D eigenvalue weighted by molar-refractivity contribution is 0.102. The van der Waals surface area contributed by atoms with Crippen LogP contribution in [-0.4, -0.2) is 13.0 Å². The van der Waals surface area contributed by atoms with Crippen LogP contribution in [0.4, 0.5) is 5.69 Å². The van der Waals surface area contributed by atoms with Crippen LogP contribution in [-0.2, 0) is 11.3 Å². The molecule has 0 spiro atoms. The molecule has 0 atom stereocenters. The lowest BCUT2D eigenvalue weighted by Crippen LogP contribution is -2.13. The standard InChI is InChI=1S/C17H19NO2/c1-12-7-8-16(13(2)9-12)17(19)18-15-6-4-5-14(10-15)11-20-3/h4-10H,11H2,1-3H3,(H,18,19). The summed E-state index contributed by atoms with van der Waals surface area (Å²) >= 11 is 0. The summed E-state index contributed by atoms with van der Waals surface area (Å²) < 4.78 is 5.09. The fourth-order valence-electron chi connectivity index (χ4n) is 2.17. The van der Waals surface area contributed by atoms with Crippen molar-refractivity contribution in [3.8, 4) is 0 Å². The number of ether oxygens (including phenoxy) is 1. The largest absolute Gasteiger partial charge is 0.380 e. The van der Waals surface area contributed by atoms with Gasteiger partial charge in [-0.1, -0.05) is 29.8 Å². The zero-order chi connectivity index (χ0) is 14.5. The van der Waals surface area contributed by atoms with Crippen LogP contribution in [0.1, 0.15) is 27.0 Å². The average Bonchev–Trinajstić information content (AvgIpc) is 2.39. The number of carbonyl (C=O) groups excluding carboxylic acids is 1. The number of amides is 1. The van der Waals surface area contributed by atoms with E-state index >= 15 is 0 Å². The third kappa shape index (κ3) is 3.45. The van der Waals surface area contributed by atoms with Gasteiger partial charge in [0.2, 0.25) is 0 Å². The van der Waals surface area contributed by atoms with Gasteiger partial charge in [0.15, 0.2) is 0 Å². The second-order valence-electron chi connectivity index (χ2n) is 4.91. The Labute approximate surface area is 119 Å². The molecular formula is C17H19NO2. The number of rotatable bonds is 4. The van der Waals surface area contributed by atoms with E-state index in [0.29, 0.717) is 12.2 Å². The summed E-state index contributed by atoms with van der Waals surface area (Å²) in [5.41, 5.74) is 4.65. The van der Waals surface area contributed by atoms with Crippen LogP contribution in [0, 0.1) is 13.8 Å². The molecule has 0 saturated carbocycles. The van der Waals surface area contributed by atoms with Gasteiger partial charge in [-0.2, -0.15) is 0 Å². The predicted molar refractivity (Wildman–Crippen MR) is 81.0 cm³/mol. The summed E-state index contributed by atoms with van der Waals surface area (Å²) in [4.78, 5) is 12.3. The SMILES string of the molecule is COCc1cccc(NC(=O)c2ccc(C)cc2C)c1. The van der Waals surface area contributed by atoms with Gasteiger partial charge in [0.1, 0.15) is 0 Å². The van der Waals surface area contributed by atoms with Gasteiger partial charge in [-0.05, 0) is 43.2 Å². The molecule has 0 unspecified atom stereocenters. The third-order valence-corrected chi connectivity index (χ3v) is 3.12. The van der Waals surface area contributed by atoms with Crippen LogP contribution >= 0.6 is 0 Å². The van der Waals surface area contributed by atoms with Crippen molar-refractivity contribution in [2.24, 2.45) is 0 Å². The van der Waals surface area contributed by atoms with Crippen LogP contribution in [0.5, 0.6) is 0 Å². The molecule has 0 aliphatic carbocycles. The second kappa shape index (κ2) is 6.35. The van der Waals surface area contributed by atoms with Crippen molar-refractivity contribution >= 4 is 11.6 Å². The zero-order valence-corrected chi connectivity index (χ0v) is 12.1. The van der Waals surface area contributed by atoms with Gasteiger partial charge in [0.25, 0.3) is 5.91 Å². The second-order valence-corrected chi connectivity index (χ2v) is 4.91. The quantitative estimate of drug-likeness (QED) is 0.919. The molecule has 104 valence electrons. The zero-order valence-electron chi connectivity index (χ0n) is 12.1. The van der Waals surface area contributed by atoms with E-state index in [4.69, 9.17) is 4.74 Å². The fraction of sp³-hybridized carbons (Fsp3) is 0.235. The summed E-state index contributed by atoms with van der Waals surface area (Å²) in [7, 11) is 1.65. The van der Waals surface area contributed by atoms with Gasteiger partial charge in [-0.25, -0.2) is 0 Å². The molecular weight excluding hydrogens is 250 g/mol. The summed E-state index contributed by atoms with van der Waals surface area (Å²) in [5.74, 6) is -0.0860. The monoisotopic (exact) mass is 269 g/mol. The van der Waals surface area contributed by atoms with Gasteiger partial charge in [0, 0.05) is 18.4 Å². The van der Waals surface area contributed by atoms with Crippen LogP contribution in [0.25, 0.3) is 0 Å². The van der Waals surface area contributed by atoms with Crippen molar-refractivity contribution in [1.82, 2.24) is 0 Å². The minimum absolute atomic E-state index is 0.0860. The number of hydrogen-bond donors (Lipinski definition) is 1. The maximum atomic E-state index is 12.3. The molecule has 0 radical (unpaired) electrons. The van der Waals surface area contributed by atoms with Crippen LogP contribution in [0.3, 0.4) is 0 Å². The first-order valence-electron chi connectivity index (χ1n) is 6.56. The number of nitrogens with one attached hydrogen (secondary N) is 1. The summed E-state index contributed by atoms with van der Waals surface area (Å²) in [6.45, 7) is 4.50. The van der Waals surface area contributed by atoms with E-state index in [1.165, 1.54) is 0 Å². The maximum Gasteiger partial charge on any atom is 0.255 e. The van der Waals surface area contributed by atoms with Gasteiger partial charge in [-0.3, -0.25) is 4.79 Å². The Morgan fingerprint density at radius 3 is 2.65 bits per heavy atom. The number of methoxy groups -OCH3 is 1. The Morgan fingerprint density at radius 1 is 1.15 bits per heavy atom. The summed E-state index contributed by atoms with van der Waals surface area (Å²) in [5, 5.41) is 2.92. The van der Waals surface area contributed by atoms with E-state index in [0.717, 1.165) is 22.4 Å². The first-order valence-corrected chi connectivity index (χ1v) is 6.56. The predicted octanol–water partition coefficient (Wildman–Crippen LogP) is 3.70. The van der Waals surface area contributed by atoms with Gasteiger partial charge < -0.3 is 10.1 Å². The highest BCUT2D eigenvalue weighted by atomic mass is 16.5. The molecule has 0 saturated heterocycles. The normalized spacial score (nSPS) is 10.3. The highest BCUT2D eigenvalue weighted by Crippen LogP contribution is 2.15. The Balaban J connectivity index is 2.17. The number of anilines is 1. The van der Waals surface area contributed by atoms with E-state index in [1.807, 2.05) is 56.3 Å². The average molecular weight is 269 g/mol. The molecule has 1 N–H and O–H groups in total. The van der Waals surface area contributed by atoms with Crippen molar-refractivity contribution in [1.29, 1.82) is 0 Å². The molecule has 3 heteroatoms. The van der Waals surface area contributed by atoms with Gasteiger partial charge >= 0.3 is 0 Å².